The van der Waals surface area contributed by atoms with Gasteiger partial charge in [0.2, 0.25) is 0 Å². The molecule has 0 aromatic heterocycles. The van der Waals surface area contributed by atoms with Gasteiger partial charge in [0.25, 0.3) is 0 Å². The number of nitrogens with zero attached hydrogens (tertiary/aromatic N) is 1. The van der Waals surface area contributed by atoms with Crippen LogP contribution in [0.25, 0.3) is 0 Å². The van der Waals surface area contributed by atoms with Gasteiger partial charge < -0.3 is 10.6 Å². The van der Waals surface area contributed by atoms with Crippen LogP contribution in [0.1, 0.15) is 31.4 Å². The quantitative estimate of drug-likeness (QED) is 0.736. The maximum Gasteiger partial charge on any atom is 0.0414 e. The molecule has 2 nitrogen and oxygen atoms in total. The second-order valence-corrected chi connectivity index (χ2v) is 3.89. The molecule has 0 radical (unpaired) electrons. The van der Waals surface area contributed by atoms with Crippen LogP contribution in [-0.2, 0) is 0 Å². The van der Waals surface area contributed by atoms with E-state index in [1.807, 2.05) is 0 Å². The maximum absolute atomic E-state index is 6.14. The van der Waals surface area contributed by atoms with Gasteiger partial charge in [0.15, 0.2) is 0 Å². The molecule has 0 saturated carbocycles. The molecule has 0 spiro atoms. The lowest BCUT2D eigenvalue weighted by molar-refractivity contribution is 0.629. The second-order valence-electron chi connectivity index (χ2n) is 3.89. The fraction of sp³-hybridized carbons (Fsp3) is 0.500. The Balaban J connectivity index is 2.41. The van der Waals surface area contributed by atoms with Crippen molar-refractivity contribution in [1.82, 2.24) is 0 Å². The molecule has 1 aliphatic rings. The first-order valence-electron chi connectivity index (χ1n) is 5.42. The Morgan fingerprint density at radius 1 is 1.43 bits per heavy atom. The molecule has 1 aromatic rings. The van der Waals surface area contributed by atoms with Gasteiger partial charge >= 0.3 is 0 Å². The Kier molecular flexibility index (Phi) is 2.73. The molecule has 1 atom stereocenters. The predicted octanol–water partition coefficient (Wildman–Crippen LogP) is 2.31. The van der Waals surface area contributed by atoms with E-state index >= 15 is 0 Å². The first kappa shape index (κ1) is 9.53. The highest BCUT2D eigenvalue weighted by molar-refractivity contribution is 5.55. The van der Waals surface area contributed by atoms with Crippen LogP contribution in [0.5, 0.6) is 0 Å². The number of hydrogen-bond donors (Lipinski definition) is 1. The third-order valence-corrected chi connectivity index (χ3v) is 3.00. The highest BCUT2D eigenvalue weighted by atomic mass is 15.1. The van der Waals surface area contributed by atoms with Crippen LogP contribution in [-0.4, -0.2) is 13.1 Å². The van der Waals surface area contributed by atoms with E-state index in [1.54, 1.807) is 0 Å². The lowest BCUT2D eigenvalue weighted by atomic mass is 10.0. The zero-order valence-electron chi connectivity index (χ0n) is 8.74. The van der Waals surface area contributed by atoms with Crippen molar-refractivity contribution < 1.29 is 0 Å². The van der Waals surface area contributed by atoms with Crippen LogP contribution in [0.4, 0.5) is 5.69 Å². The van der Waals surface area contributed by atoms with Gasteiger partial charge in [0.1, 0.15) is 0 Å². The minimum absolute atomic E-state index is 0.225. The van der Waals surface area contributed by atoms with E-state index in [2.05, 4.69) is 36.1 Å². The van der Waals surface area contributed by atoms with E-state index < -0.39 is 0 Å². The molecule has 0 fully saturated rings. The summed E-state index contributed by atoms with van der Waals surface area (Å²) < 4.78 is 0. The number of benzene rings is 1. The summed E-state index contributed by atoms with van der Waals surface area (Å²) in [6.07, 6.45) is 2.30. The third kappa shape index (κ3) is 1.62. The fourth-order valence-corrected chi connectivity index (χ4v) is 2.20. The first-order chi connectivity index (χ1) is 6.83. The van der Waals surface area contributed by atoms with Crippen LogP contribution in [0, 0.1) is 0 Å². The van der Waals surface area contributed by atoms with Crippen molar-refractivity contribution in [3.63, 3.8) is 0 Å². The lowest BCUT2D eigenvalue weighted by Crippen LogP contribution is -2.23. The summed E-state index contributed by atoms with van der Waals surface area (Å²) in [4.78, 5) is 2.42. The van der Waals surface area contributed by atoms with Crippen LogP contribution in [0.3, 0.4) is 0 Å². The Hall–Kier alpha value is -1.02. The smallest absolute Gasteiger partial charge is 0.0414 e. The molecule has 2 N–H and O–H groups in total. The van der Waals surface area contributed by atoms with E-state index in [1.165, 1.54) is 17.7 Å². The summed E-state index contributed by atoms with van der Waals surface area (Å²) >= 11 is 0. The number of hydrogen-bond acceptors (Lipinski definition) is 2. The largest absolute Gasteiger partial charge is 0.372 e. The molecule has 2 heteroatoms. The molecule has 0 amide bonds. The van der Waals surface area contributed by atoms with Gasteiger partial charge in [-0.15, -0.1) is 0 Å². The van der Waals surface area contributed by atoms with Crippen molar-refractivity contribution >= 4 is 5.69 Å². The van der Waals surface area contributed by atoms with Crippen LogP contribution < -0.4 is 10.6 Å². The molecule has 1 unspecified atom stereocenters. The lowest BCUT2D eigenvalue weighted by Gasteiger charge is -2.23. The normalized spacial score (nSPS) is 21.6. The zero-order chi connectivity index (χ0) is 9.97. The number of fused-ring (bicyclic) bond motifs is 1. The van der Waals surface area contributed by atoms with Gasteiger partial charge in [-0.3, -0.25) is 0 Å². The molecular formula is C12H18N2. The molecule has 0 aliphatic carbocycles. The first-order valence-corrected chi connectivity index (χ1v) is 5.42. The van der Waals surface area contributed by atoms with E-state index in [0.29, 0.717) is 0 Å². The topological polar surface area (TPSA) is 29.3 Å². The molecule has 0 bridgehead atoms. The monoisotopic (exact) mass is 190 g/mol. The second kappa shape index (κ2) is 4.01. The predicted molar refractivity (Wildman–Crippen MR) is 60.5 cm³/mol. The van der Waals surface area contributed by atoms with Crippen LogP contribution in [0.2, 0.25) is 0 Å². The van der Waals surface area contributed by atoms with Crippen molar-refractivity contribution in [2.24, 2.45) is 5.73 Å². The Bertz CT molecular complexity index is 309. The number of rotatable bonds is 1. The highest BCUT2D eigenvalue weighted by Crippen LogP contribution is 2.30. The Morgan fingerprint density at radius 3 is 3.00 bits per heavy atom. The minimum Gasteiger partial charge on any atom is -0.372 e. The summed E-state index contributed by atoms with van der Waals surface area (Å²) in [6.45, 7) is 4.42. The van der Waals surface area contributed by atoms with E-state index in [9.17, 15) is 0 Å². The van der Waals surface area contributed by atoms with E-state index in [-0.39, 0.29) is 6.04 Å². The van der Waals surface area contributed by atoms with Crippen molar-refractivity contribution in [2.45, 2.75) is 25.8 Å². The standard InChI is InChI=1S/C12H18N2/c1-2-14-9-5-7-11(13)10-6-3-4-8-12(10)14/h3-4,6,8,11H,2,5,7,9,13H2,1H3. The van der Waals surface area contributed by atoms with Gasteiger partial charge in [-0.2, -0.15) is 0 Å². The van der Waals surface area contributed by atoms with Gasteiger partial charge in [0, 0.05) is 24.8 Å². The van der Waals surface area contributed by atoms with E-state index in [0.717, 1.165) is 19.5 Å². The molecule has 76 valence electrons. The van der Waals surface area contributed by atoms with Crippen molar-refractivity contribution in [2.75, 3.05) is 18.0 Å². The van der Waals surface area contributed by atoms with Crippen molar-refractivity contribution in [1.29, 1.82) is 0 Å². The summed E-state index contributed by atoms with van der Waals surface area (Å²) in [5.41, 5.74) is 8.78. The molecule has 1 heterocycles. The van der Waals surface area contributed by atoms with Crippen LogP contribution >= 0.6 is 0 Å². The minimum atomic E-state index is 0.225. The SMILES string of the molecule is CCN1CCCC(N)c2ccccc21. The summed E-state index contributed by atoms with van der Waals surface area (Å²) in [6, 6.07) is 8.75. The van der Waals surface area contributed by atoms with Gasteiger partial charge in [-0.1, -0.05) is 18.2 Å². The van der Waals surface area contributed by atoms with Gasteiger partial charge in [-0.25, -0.2) is 0 Å². The average molecular weight is 190 g/mol. The zero-order valence-corrected chi connectivity index (χ0v) is 8.74. The molecular weight excluding hydrogens is 172 g/mol. The number of nitrogens with two attached hydrogens (primary N) is 1. The van der Waals surface area contributed by atoms with Gasteiger partial charge in [-0.05, 0) is 31.4 Å². The number of para-hydroxylation sites is 1. The van der Waals surface area contributed by atoms with E-state index in [4.69, 9.17) is 5.73 Å². The highest BCUT2D eigenvalue weighted by Gasteiger charge is 2.18. The summed E-state index contributed by atoms with van der Waals surface area (Å²) in [7, 11) is 0. The maximum atomic E-state index is 6.14. The summed E-state index contributed by atoms with van der Waals surface area (Å²) in [5, 5.41) is 0. The number of anilines is 1. The molecule has 0 saturated heterocycles. The summed E-state index contributed by atoms with van der Waals surface area (Å²) in [5.74, 6) is 0. The molecule has 14 heavy (non-hydrogen) atoms. The Labute approximate surface area is 85.7 Å². The van der Waals surface area contributed by atoms with Gasteiger partial charge in [0.05, 0.1) is 0 Å². The Morgan fingerprint density at radius 2 is 2.21 bits per heavy atom. The molecule has 2 rings (SSSR count). The average Bonchev–Trinajstić information content (AvgIpc) is 2.39. The third-order valence-electron chi connectivity index (χ3n) is 3.00. The van der Waals surface area contributed by atoms with Crippen LogP contribution in [0.15, 0.2) is 24.3 Å². The fourth-order valence-electron chi connectivity index (χ4n) is 2.20. The van der Waals surface area contributed by atoms with Crippen molar-refractivity contribution in [3.8, 4) is 0 Å². The molecule has 1 aliphatic heterocycles. The van der Waals surface area contributed by atoms with Crippen molar-refractivity contribution in [3.05, 3.63) is 29.8 Å². The molecule has 1 aromatic carbocycles.